The summed E-state index contributed by atoms with van der Waals surface area (Å²) in [6.45, 7) is 0. The van der Waals surface area contributed by atoms with Crippen molar-refractivity contribution in [1.29, 1.82) is 0 Å². The predicted octanol–water partition coefficient (Wildman–Crippen LogP) is 5.40. The molecule has 1 aliphatic carbocycles. The van der Waals surface area contributed by atoms with Gasteiger partial charge in [0.2, 0.25) is 0 Å². The number of methoxy groups -OCH3 is 1. The number of fused-ring (bicyclic) bond motifs is 1. The fraction of sp³-hybridized carbons (Fsp3) is 0.154. The zero-order valence-electron chi connectivity index (χ0n) is 16.7. The molecule has 0 saturated carbocycles. The van der Waals surface area contributed by atoms with Crippen LogP contribution in [0, 0.1) is 11.8 Å². The lowest BCUT2D eigenvalue weighted by atomic mass is 9.96. The van der Waals surface area contributed by atoms with Crippen LogP contribution in [0.5, 0.6) is 5.75 Å². The number of likely N-dealkylation sites (N-methyl/N-ethyl adjacent to an activating group) is 1. The van der Waals surface area contributed by atoms with Crippen LogP contribution in [0.3, 0.4) is 0 Å². The monoisotopic (exact) mass is 398 g/mol. The van der Waals surface area contributed by atoms with Crippen LogP contribution in [-0.4, -0.2) is 24.5 Å². The van der Waals surface area contributed by atoms with E-state index in [1.54, 1.807) is 7.11 Å². The number of hydrogen-bond donors (Lipinski definition) is 1. The summed E-state index contributed by atoms with van der Waals surface area (Å²) in [4.78, 5) is 1.29. The molecular formula is C26H24NOS. The summed E-state index contributed by atoms with van der Waals surface area (Å²) in [5, 5.41) is 0. The Morgan fingerprint density at radius 3 is 2.62 bits per heavy atom. The molecule has 2 aliphatic rings. The molecule has 0 bridgehead atoms. The first kappa shape index (κ1) is 19.4. The van der Waals surface area contributed by atoms with E-state index in [1.165, 1.54) is 33.6 Å². The largest absolute Gasteiger partial charge is 0.497 e. The van der Waals surface area contributed by atoms with Crippen LogP contribution in [0.15, 0.2) is 95.0 Å². The van der Waals surface area contributed by atoms with E-state index in [1.807, 2.05) is 18.2 Å². The van der Waals surface area contributed by atoms with Gasteiger partial charge in [-0.15, -0.1) is 11.9 Å². The van der Waals surface area contributed by atoms with Crippen molar-refractivity contribution in [2.75, 3.05) is 14.2 Å². The number of hydrogen-bond acceptors (Lipinski definition) is 2. The van der Waals surface area contributed by atoms with E-state index in [0.717, 1.165) is 17.7 Å². The first-order chi connectivity index (χ1) is 14.2. The summed E-state index contributed by atoms with van der Waals surface area (Å²) in [7, 11) is 3.85. The van der Waals surface area contributed by atoms with E-state index in [0.29, 0.717) is 6.04 Å². The van der Waals surface area contributed by atoms with Gasteiger partial charge >= 0.3 is 0 Å². The molecule has 1 unspecified atom stereocenters. The Hall–Kier alpha value is -2.93. The van der Waals surface area contributed by atoms with Crippen molar-refractivity contribution in [3.63, 3.8) is 0 Å². The lowest BCUT2D eigenvalue weighted by Gasteiger charge is -2.33. The van der Waals surface area contributed by atoms with Gasteiger partial charge in [0, 0.05) is 16.9 Å². The summed E-state index contributed by atoms with van der Waals surface area (Å²) in [5.41, 5.74) is 4.78. The number of nitrogens with zero attached hydrogens (tertiary/aromatic N) is 1. The Balaban J connectivity index is 1.51. The van der Waals surface area contributed by atoms with E-state index < -0.39 is 0 Å². The second-order valence-electron chi connectivity index (χ2n) is 7.03. The first-order valence-electron chi connectivity index (χ1n) is 9.66. The molecule has 2 nitrogen and oxygen atoms in total. The molecule has 29 heavy (non-hydrogen) atoms. The average molecular weight is 399 g/mol. The third kappa shape index (κ3) is 4.92. The number of benzene rings is 2. The Labute approximate surface area is 177 Å². The first-order valence-corrected chi connectivity index (χ1v) is 10.5. The molecular weight excluding hydrogens is 374 g/mol. The van der Waals surface area contributed by atoms with Crippen LogP contribution in [-0.2, 0) is 6.42 Å². The van der Waals surface area contributed by atoms with Gasteiger partial charge in [-0.3, -0.25) is 0 Å². The fourth-order valence-electron chi connectivity index (χ4n) is 3.39. The second kappa shape index (κ2) is 9.05. The molecule has 0 aromatic heterocycles. The second-order valence-corrected chi connectivity index (χ2v) is 8.38. The van der Waals surface area contributed by atoms with Gasteiger partial charge in [0.25, 0.3) is 0 Å². The van der Waals surface area contributed by atoms with Crippen LogP contribution in [0.2, 0.25) is 0 Å². The third-order valence-corrected chi connectivity index (χ3v) is 5.96. The minimum Gasteiger partial charge on any atom is -0.497 e. The highest BCUT2D eigenvalue weighted by Crippen LogP contribution is 2.36. The quantitative estimate of drug-likeness (QED) is 0.549. The summed E-state index contributed by atoms with van der Waals surface area (Å²) in [6, 6.07) is 18.9. The Morgan fingerprint density at radius 2 is 1.86 bits per heavy atom. The molecule has 1 radical (unpaired) electrons. The van der Waals surface area contributed by atoms with Crippen LogP contribution < -0.4 is 4.74 Å². The minimum absolute atomic E-state index is 0.316. The van der Waals surface area contributed by atoms with E-state index in [-0.39, 0.29) is 0 Å². The topological polar surface area (TPSA) is 12.5 Å². The Bertz CT molecular complexity index is 1050. The predicted molar refractivity (Wildman–Crippen MR) is 125 cm³/mol. The van der Waals surface area contributed by atoms with Gasteiger partial charge in [-0.25, -0.2) is 4.31 Å². The van der Waals surface area contributed by atoms with Crippen molar-refractivity contribution in [1.82, 2.24) is 4.31 Å². The van der Waals surface area contributed by atoms with E-state index in [9.17, 15) is 0 Å². The lowest BCUT2D eigenvalue weighted by Crippen LogP contribution is -2.29. The van der Waals surface area contributed by atoms with Crippen molar-refractivity contribution in [3.8, 4) is 17.6 Å². The zero-order chi connectivity index (χ0) is 20.1. The molecule has 4 rings (SSSR count). The zero-order valence-corrected chi connectivity index (χ0v) is 17.6. The number of allylic oxidation sites excluding steroid dienone is 3. The van der Waals surface area contributed by atoms with Gasteiger partial charge in [0.15, 0.2) is 0 Å². The fourth-order valence-corrected chi connectivity index (χ4v) is 4.50. The standard InChI is InChI=1S/C26H24NOS/c1-27-26-16-13-22(10-6-9-20-11-14-24(28-2)15-12-20)17-23(26)19-25(29-27)18-21-7-4-3-5-8-21/h3-5,7-8,11-19,26,29H,9H2,1-2H3/b25-18-. The molecule has 0 saturated heterocycles. The maximum Gasteiger partial charge on any atom is 0.118 e. The highest BCUT2D eigenvalue weighted by molar-refractivity contribution is 8.01. The van der Waals surface area contributed by atoms with Gasteiger partial charge in [0.05, 0.1) is 13.2 Å². The summed E-state index contributed by atoms with van der Waals surface area (Å²) in [6.07, 6.45) is 11.9. The highest BCUT2D eigenvalue weighted by Gasteiger charge is 2.23. The molecule has 3 heteroatoms. The van der Waals surface area contributed by atoms with Crippen LogP contribution in [0.1, 0.15) is 11.1 Å². The van der Waals surface area contributed by atoms with Gasteiger partial charge in [-0.1, -0.05) is 60.4 Å². The summed E-state index contributed by atoms with van der Waals surface area (Å²) in [5.74, 6) is 7.50. The lowest BCUT2D eigenvalue weighted by molar-refractivity contribution is 0.414. The normalized spacial score (nSPS) is 19.7. The molecule has 0 amide bonds. The van der Waals surface area contributed by atoms with Crippen molar-refractivity contribution < 1.29 is 4.74 Å². The summed E-state index contributed by atoms with van der Waals surface area (Å²) < 4.78 is 7.55. The van der Waals surface area contributed by atoms with Gasteiger partial charge in [-0.2, -0.15) is 0 Å². The van der Waals surface area contributed by atoms with E-state index in [4.69, 9.17) is 4.74 Å². The van der Waals surface area contributed by atoms with E-state index in [2.05, 4.69) is 90.0 Å². The Morgan fingerprint density at radius 1 is 1.07 bits per heavy atom. The van der Waals surface area contributed by atoms with Crippen LogP contribution in [0.4, 0.5) is 0 Å². The molecule has 1 heterocycles. The SMILES string of the molecule is COc1ccc(CC#CC2=CC3=C/C(=C/c4ccccc4)[SH]N(C)C3C=C2)cc1. The molecule has 1 aliphatic heterocycles. The van der Waals surface area contributed by atoms with Crippen molar-refractivity contribution in [2.24, 2.45) is 0 Å². The van der Waals surface area contributed by atoms with Crippen molar-refractivity contribution >= 4 is 18.0 Å². The third-order valence-electron chi connectivity index (χ3n) is 4.91. The molecule has 0 N–H and O–H groups in total. The molecule has 145 valence electrons. The minimum atomic E-state index is 0.316. The molecule has 2 aromatic carbocycles. The highest BCUT2D eigenvalue weighted by atomic mass is 32.2. The van der Waals surface area contributed by atoms with Gasteiger partial charge in [0.1, 0.15) is 5.75 Å². The maximum absolute atomic E-state index is 5.20. The van der Waals surface area contributed by atoms with Crippen molar-refractivity contribution in [3.05, 3.63) is 106 Å². The number of thiol groups is 1. The molecule has 0 fully saturated rings. The molecule has 2 aromatic rings. The Kier molecular flexibility index (Phi) is 6.05. The molecule has 0 spiro atoms. The number of ether oxygens (including phenoxy) is 1. The number of rotatable bonds is 3. The van der Waals surface area contributed by atoms with Gasteiger partial charge in [-0.05, 0) is 60.2 Å². The summed E-state index contributed by atoms with van der Waals surface area (Å²) >= 11 is 1.22. The van der Waals surface area contributed by atoms with Crippen molar-refractivity contribution in [2.45, 2.75) is 12.5 Å². The smallest absolute Gasteiger partial charge is 0.118 e. The van der Waals surface area contributed by atoms with Crippen LogP contribution >= 0.6 is 11.9 Å². The average Bonchev–Trinajstić information content (AvgIpc) is 2.75. The van der Waals surface area contributed by atoms with E-state index >= 15 is 0 Å². The molecule has 1 atom stereocenters. The maximum atomic E-state index is 5.20. The van der Waals surface area contributed by atoms with Crippen LogP contribution in [0.25, 0.3) is 6.08 Å². The van der Waals surface area contributed by atoms with Gasteiger partial charge < -0.3 is 4.74 Å².